The van der Waals surface area contributed by atoms with Crippen molar-refractivity contribution in [3.8, 4) is 17.1 Å². The number of halogens is 4. The average Bonchev–Trinajstić information content (AvgIpc) is 2.95. The van der Waals surface area contributed by atoms with E-state index in [2.05, 4.69) is 14.8 Å². The standard InChI is InChI=1S/C15H15F4N3O4/c1-7(15(17,18)19)26-11-5-8(10(16)4-9(11)14(24)25-3)13-20-12(6-23)22(2)21-13/h4-5,7,23H,6H2,1-3H3/t7-/m0/s1. The molecule has 1 N–H and O–H groups in total. The molecular formula is C15H15F4N3O4. The number of ether oxygens (including phenoxy) is 2. The van der Waals surface area contributed by atoms with Gasteiger partial charge in [0.1, 0.15) is 23.7 Å². The molecule has 1 aromatic heterocycles. The number of aliphatic hydroxyl groups is 1. The summed E-state index contributed by atoms with van der Waals surface area (Å²) in [6, 6.07) is 1.58. The summed E-state index contributed by atoms with van der Waals surface area (Å²) in [4.78, 5) is 15.6. The van der Waals surface area contributed by atoms with Crippen LogP contribution in [0.3, 0.4) is 0 Å². The Morgan fingerprint density at radius 3 is 2.54 bits per heavy atom. The minimum Gasteiger partial charge on any atom is -0.480 e. The first-order valence-electron chi connectivity index (χ1n) is 7.24. The predicted octanol–water partition coefficient (Wildman–Crippen LogP) is 2.23. The summed E-state index contributed by atoms with van der Waals surface area (Å²) < 4.78 is 63.2. The van der Waals surface area contributed by atoms with Crippen LogP contribution in [0.5, 0.6) is 5.75 Å². The maximum absolute atomic E-state index is 14.4. The summed E-state index contributed by atoms with van der Waals surface area (Å²) in [5.41, 5.74) is -0.805. The molecule has 2 rings (SSSR count). The fraction of sp³-hybridized carbons (Fsp3) is 0.400. The zero-order valence-electron chi connectivity index (χ0n) is 14.0. The number of esters is 1. The first-order valence-corrected chi connectivity index (χ1v) is 7.24. The zero-order valence-corrected chi connectivity index (χ0v) is 14.0. The molecule has 0 saturated heterocycles. The molecule has 0 saturated carbocycles. The highest BCUT2D eigenvalue weighted by molar-refractivity contribution is 5.93. The van der Waals surface area contributed by atoms with E-state index in [0.29, 0.717) is 6.07 Å². The molecule has 1 aromatic carbocycles. The van der Waals surface area contributed by atoms with Gasteiger partial charge in [0.2, 0.25) is 0 Å². The van der Waals surface area contributed by atoms with E-state index in [9.17, 15) is 22.4 Å². The maximum Gasteiger partial charge on any atom is 0.425 e. The number of carbonyl (C=O) groups excluding carboxylic acids is 1. The molecule has 0 bridgehead atoms. The van der Waals surface area contributed by atoms with Gasteiger partial charge in [0, 0.05) is 7.05 Å². The van der Waals surface area contributed by atoms with Crippen LogP contribution in [-0.4, -0.2) is 45.2 Å². The molecule has 11 heteroatoms. The summed E-state index contributed by atoms with van der Waals surface area (Å²) in [7, 11) is 2.45. The molecule has 0 unspecified atom stereocenters. The number of aryl methyl sites for hydroxylation is 1. The molecule has 0 amide bonds. The number of carbonyl (C=O) groups is 1. The van der Waals surface area contributed by atoms with E-state index in [1.54, 1.807) is 0 Å². The van der Waals surface area contributed by atoms with Gasteiger partial charge in [0.05, 0.1) is 12.7 Å². The Balaban J connectivity index is 2.57. The molecule has 0 spiro atoms. The lowest BCUT2D eigenvalue weighted by molar-refractivity contribution is -0.189. The number of aromatic nitrogens is 3. The zero-order chi connectivity index (χ0) is 19.6. The van der Waals surface area contributed by atoms with Crippen LogP contribution in [-0.2, 0) is 18.4 Å². The van der Waals surface area contributed by atoms with Crippen LogP contribution in [0.2, 0.25) is 0 Å². The Morgan fingerprint density at radius 1 is 1.38 bits per heavy atom. The summed E-state index contributed by atoms with van der Waals surface area (Å²) in [6.07, 6.45) is -6.95. The minimum absolute atomic E-state index is 0.113. The molecule has 1 heterocycles. The molecule has 1 atom stereocenters. The second-order valence-corrected chi connectivity index (χ2v) is 5.25. The molecular weight excluding hydrogens is 362 g/mol. The van der Waals surface area contributed by atoms with Crippen molar-refractivity contribution in [2.24, 2.45) is 7.05 Å². The van der Waals surface area contributed by atoms with E-state index in [4.69, 9.17) is 9.84 Å². The van der Waals surface area contributed by atoms with Crippen LogP contribution in [0.15, 0.2) is 12.1 Å². The molecule has 0 radical (unpaired) electrons. The Hall–Kier alpha value is -2.69. The molecule has 0 aliphatic carbocycles. The van der Waals surface area contributed by atoms with Gasteiger partial charge in [-0.2, -0.15) is 18.3 Å². The lowest BCUT2D eigenvalue weighted by Crippen LogP contribution is -2.31. The first kappa shape index (κ1) is 19.6. The van der Waals surface area contributed by atoms with Crippen LogP contribution in [0.4, 0.5) is 17.6 Å². The Bertz CT molecular complexity index is 820. The number of methoxy groups -OCH3 is 1. The quantitative estimate of drug-likeness (QED) is 0.635. The third-order valence-corrected chi connectivity index (χ3v) is 3.47. The monoisotopic (exact) mass is 377 g/mol. The van der Waals surface area contributed by atoms with E-state index in [1.165, 1.54) is 11.7 Å². The van der Waals surface area contributed by atoms with Crippen molar-refractivity contribution in [2.75, 3.05) is 7.11 Å². The summed E-state index contributed by atoms with van der Waals surface area (Å²) in [5.74, 6) is -2.63. The van der Waals surface area contributed by atoms with Gasteiger partial charge in [-0.15, -0.1) is 0 Å². The van der Waals surface area contributed by atoms with Gasteiger partial charge in [-0.1, -0.05) is 0 Å². The number of aliphatic hydroxyl groups excluding tert-OH is 1. The molecule has 0 aliphatic heterocycles. The third kappa shape index (κ3) is 3.93. The summed E-state index contributed by atoms with van der Waals surface area (Å²) >= 11 is 0. The first-order chi connectivity index (χ1) is 12.1. The molecule has 2 aromatic rings. The minimum atomic E-state index is -4.70. The smallest absolute Gasteiger partial charge is 0.425 e. The van der Waals surface area contributed by atoms with Crippen molar-refractivity contribution in [3.63, 3.8) is 0 Å². The van der Waals surface area contributed by atoms with Gasteiger partial charge in [-0.3, -0.25) is 4.68 Å². The maximum atomic E-state index is 14.4. The second-order valence-electron chi connectivity index (χ2n) is 5.25. The summed E-state index contributed by atoms with van der Waals surface area (Å²) in [6.45, 7) is 0.271. The van der Waals surface area contributed by atoms with Gasteiger partial charge < -0.3 is 14.6 Å². The van der Waals surface area contributed by atoms with Crippen LogP contribution >= 0.6 is 0 Å². The van der Waals surface area contributed by atoms with E-state index in [1.807, 2.05) is 0 Å². The fourth-order valence-corrected chi connectivity index (χ4v) is 2.02. The molecule has 26 heavy (non-hydrogen) atoms. The van der Waals surface area contributed by atoms with Crippen LogP contribution in [0.1, 0.15) is 23.1 Å². The number of alkyl halides is 3. The molecule has 7 nitrogen and oxygen atoms in total. The molecule has 0 fully saturated rings. The van der Waals surface area contributed by atoms with E-state index >= 15 is 0 Å². The van der Waals surface area contributed by atoms with Gasteiger partial charge in [-0.25, -0.2) is 14.2 Å². The van der Waals surface area contributed by atoms with E-state index < -0.39 is 42.0 Å². The van der Waals surface area contributed by atoms with Gasteiger partial charge in [-0.05, 0) is 19.1 Å². The van der Waals surface area contributed by atoms with Crippen molar-refractivity contribution in [1.82, 2.24) is 14.8 Å². The average molecular weight is 377 g/mol. The lowest BCUT2D eigenvalue weighted by Gasteiger charge is -2.19. The van der Waals surface area contributed by atoms with Gasteiger partial charge in [0.15, 0.2) is 17.8 Å². The largest absolute Gasteiger partial charge is 0.480 e. The highest BCUT2D eigenvalue weighted by Crippen LogP contribution is 2.32. The number of hydrogen-bond donors (Lipinski definition) is 1. The molecule has 0 aliphatic rings. The van der Waals surface area contributed by atoms with Crippen LogP contribution in [0.25, 0.3) is 11.4 Å². The topological polar surface area (TPSA) is 86.5 Å². The van der Waals surface area contributed by atoms with Crippen LogP contribution < -0.4 is 4.74 Å². The number of nitrogens with zero attached hydrogens (tertiary/aromatic N) is 3. The van der Waals surface area contributed by atoms with Crippen LogP contribution in [0, 0.1) is 5.82 Å². The Morgan fingerprint density at radius 2 is 2.04 bits per heavy atom. The normalized spacial score (nSPS) is 12.8. The fourth-order valence-electron chi connectivity index (χ4n) is 2.02. The van der Waals surface area contributed by atoms with Crippen molar-refractivity contribution >= 4 is 5.97 Å². The third-order valence-electron chi connectivity index (χ3n) is 3.47. The second kappa shape index (κ2) is 7.28. The van der Waals surface area contributed by atoms with Gasteiger partial charge in [0.25, 0.3) is 0 Å². The molecule has 142 valence electrons. The van der Waals surface area contributed by atoms with Gasteiger partial charge >= 0.3 is 12.1 Å². The Kier molecular flexibility index (Phi) is 5.50. The summed E-state index contributed by atoms with van der Waals surface area (Å²) in [5, 5.41) is 13.0. The van der Waals surface area contributed by atoms with Crippen molar-refractivity contribution < 1.29 is 36.9 Å². The Labute approximate surface area is 145 Å². The predicted molar refractivity (Wildman–Crippen MR) is 79.8 cm³/mol. The highest BCUT2D eigenvalue weighted by Gasteiger charge is 2.39. The van der Waals surface area contributed by atoms with Crippen molar-refractivity contribution in [3.05, 3.63) is 29.3 Å². The van der Waals surface area contributed by atoms with Crippen molar-refractivity contribution in [2.45, 2.75) is 25.8 Å². The van der Waals surface area contributed by atoms with Crippen molar-refractivity contribution in [1.29, 1.82) is 0 Å². The van der Waals surface area contributed by atoms with E-state index in [-0.39, 0.29) is 17.2 Å². The number of benzene rings is 1. The van der Waals surface area contributed by atoms with E-state index in [0.717, 1.165) is 20.1 Å². The number of hydrogen-bond acceptors (Lipinski definition) is 6. The highest BCUT2D eigenvalue weighted by atomic mass is 19.4. The SMILES string of the molecule is COC(=O)c1cc(F)c(-c2nc(CO)n(C)n2)cc1O[C@@H](C)C(F)(F)F. The lowest BCUT2D eigenvalue weighted by atomic mass is 10.1. The number of rotatable bonds is 5.